The van der Waals surface area contributed by atoms with Crippen LogP contribution < -0.4 is 5.32 Å². The molecule has 0 rings (SSSR count). The summed E-state index contributed by atoms with van der Waals surface area (Å²) < 4.78 is 5.58. The van der Waals surface area contributed by atoms with Gasteiger partial charge in [-0.3, -0.25) is 0 Å². The van der Waals surface area contributed by atoms with E-state index >= 15 is 0 Å². The van der Waals surface area contributed by atoms with Crippen molar-refractivity contribution < 1.29 is 4.74 Å². The standard InChI is InChI=1S/C13H29NO/c1-12(2)11-14-8-6-9-15-10-7-13(3,4)5/h12,14H,6-11H2,1-5H3. The molecule has 0 saturated heterocycles. The number of rotatable bonds is 8. The molecule has 92 valence electrons. The monoisotopic (exact) mass is 215 g/mol. The molecule has 0 spiro atoms. The topological polar surface area (TPSA) is 21.3 Å². The van der Waals surface area contributed by atoms with E-state index in [4.69, 9.17) is 4.74 Å². The first-order valence-electron chi connectivity index (χ1n) is 6.20. The summed E-state index contributed by atoms with van der Waals surface area (Å²) in [6.07, 6.45) is 2.27. The van der Waals surface area contributed by atoms with E-state index in [2.05, 4.69) is 39.9 Å². The molecular formula is C13H29NO. The zero-order valence-corrected chi connectivity index (χ0v) is 11.2. The Bertz CT molecular complexity index is 138. The Labute approximate surface area is 95.8 Å². The largest absolute Gasteiger partial charge is 0.381 e. The number of nitrogens with one attached hydrogen (secondary N) is 1. The molecule has 0 aliphatic rings. The smallest absolute Gasteiger partial charge is 0.0478 e. The fourth-order valence-electron chi connectivity index (χ4n) is 1.17. The van der Waals surface area contributed by atoms with Crippen LogP contribution in [0.3, 0.4) is 0 Å². The summed E-state index contributed by atoms with van der Waals surface area (Å²) in [6.45, 7) is 15.2. The number of ether oxygens (including phenoxy) is 1. The third-order valence-corrected chi connectivity index (χ3v) is 2.19. The maximum atomic E-state index is 5.58. The van der Waals surface area contributed by atoms with Gasteiger partial charge in [0.1, 0.15) is 0 Å². The van der Waals surface area contributed by atoms with E-state index in [-0.39, 0.29) is 0 Å². The zero-order valence-electron chi connectivity index (χ0n) is 11.2. The second-order valence-corrected chi connectivity index (χ2v) is 5.87. The normalized spacial score (nSPS) is 12.4. The third kappa shape index (κ3) is 13.9. The van der Waals surface area contributed by atoms with Gasteiger partial charge in [-0.05, 0) is 37.3 Å². The van der Waals surface area contributed by atoms with Crippen LogP contribution in [0.15, 0.2) is 0 Å². The van der Waals surface area contributed by atoms with E-state index in [1.807, 2.05) is 0 Å². The average Bonchev–Trinajstić information content (AvgIpc) is 2.07. The SMILES string of the molecule is CC(C)CNCCCOCCC(C)(C)C. The van der Waals surface area contributed by atoms with E-state index in [0.717, 1.165) is 45.1 Å². The van der Waals surface area contributed by atoms with Crippen molar-refractivity contribution in [2.45, 2.75) is 47.5 Å². The lowest BCUT2D eigenvalue weighted by atomic mass is 9.93. The van der Waals surface area contributed by atoms with Crippen LogP contribution in [0.2, 0.25) is 0 Å². The summed E-state index contributed by atoms with van der Waals surface area (Å²) in [5, 5.41) is 3.41. The lowest BCUT2D eigenvalue weighted by molar-refractivity contribution is 0.106. The van der Waals surface area contributed by atoms with Crippen molar-refractivity contribution in [3.05, 3.63) is 0 Å². The van der Waals surface area contributed by atoms with E-state index in [1.165, 1.54) is 0 Å². The Balaban J connectivity index is 3.06. The predicted molar refractivity (Wildman–Crippen MR) is 67.2 cm³/mol. The molecule has 1 N–H and O–H groups in total. The highest BCUT2D eigenvalue weighted by atomic mass is 16.5. The van der Waals surface area contributed by atoms with Crippen molar-refractivity contribution in [3.8, 4) is 0 Å². The molecule has 2 heteroatoms. The minimum Gasteiger partial charge on any atom is -0.381 e. The van der Waals surface area contributed by atoms with Crippen molar-refractivity contribution in [3.63, 3.8) is 0 Å². The Morgan fingerprint density at radius 3 is 2.33 bits per heavy atom. The summed E-state index contributed by atoms with van der Waals surface area (Å²) in [4.78, 5) is 0. The van der Waals surface area contributed by atoms with E-state index < -0.39 is 0 Å². The van der Waals surface area contributed by atoms with Crippen LogP contribution in [-0.4, -0.2) is 26.3 Å². The van der Waals surface area contributed by atoms with Crippen molar-refractivity contribution in [1.82, 2.24) is 5.32 Å². The molecule has 0 bridgehead atoms. The Hall–Kier alpha value is -0.0800. The number of hydrogen-bond donors (Lipinski definition) is 1. The van der Waals surface area contributed by atoms with Crippen molar-refractivity contribution in [2.75, 3.05) is 26.3 Å². The van der Waals surface area contributed by atoms with Crippen molar-refractivity contribution in [2.24, 2.45) is 11.3 Å². The van der Waals surface area contributed by atoms with E-state index in [9.17, 15) is 0 Å². The first-order valence-corrected chi connectivity index (χ1v) is 6.20. The highest BCUT2D eigenvalue weighted by Gasteiger charge is 2.08. The molecule has 0 aromatic rings. The first-order chi connectivity index (χ1) is 6.92. The van der Waals surface area contributed by atoms with Crippen LogP contribution in [0.25, 0.3) is 0 Å². The molecule has 15 heavy (non-hydrogen) atoms. The van der Waals surface area contributed by atoms with Gasteiger partial charge in [0.2, 0.25) is 0 Å². The molecule has 0 aliphatic carbocycles. The van der Waals surface area contributed by atoms with E-state index in [0.29, 0.717) is 5.41 Å². The van der Waals surface area contributed by atoms with Gasteiger partial charge in [-0.1, -0.05) is 34.6 Å². The Morgan fingerprint density at radius 2 is 1.80 bits per heavy atom. The molecule has 0 aromatic heterocycles. The Morgan fingerprint density at radius 1 is 1.13 bits per heavy atom. The van der Waals surface area contributed by atoms with Crippen LogP contribution >= 0.6 is 0 Å². The summed E-state index contributed by atoms with van der Waals surface area (Å²) in [6, 6.07) is 0. The van der Waals surface area contributed by atoms with Gasteiger partial charge in [-0.25, -0.2) is 0 Å². The van der Waals surface area contributed by atoms with E-state index in [1.54, 1.807) is 0 Å². The van der Waals surface area contributed by atoms with Crippen LogP contribution in [0.4, 0.5) is 0 Å². The van der Waals surface area contributed by atoms with Gasteiger partial charge in [0.15, 0.2) is 0 Å². The van der Waals surface area contributed by atoms with Gasteiger partial charge >= 0.3 is 0 Å². The second-order valence-electron chi connectivity index (χ2n) is 5.87. The van der Waals surface area contributed by atoms with Gasteiger partial charge in [0.05, 0.1) is 0 Å². The minimum absolute atomic E-state index is 0.399. The summed E-state index contributed by atoms with van der Waals surface area (Å²) in [5.74, 6) is 0.742. The van der Waals surface area contributed by atoms with Crippen molar-refractivity contribution in [1.29, 1.82) is 0 Å². The zero-order chi connectivity index (χ0) is 11.7. The second kappa shape index (κ2) is 8.12. The molecule has 2 nitrogen and oxygen atoms in total. The van der Waals surface area contributed by atoms with Gasteiger partial charge in [0, 0.05) is 13.2 Å². The van der Waals surface area contributed by atoms with Gasteiger partial charge in [-0.2, -0.15) is 0 Å². The number of hydrogen-bond acceptors (Lipinski definition) is 2. The molecule has 0 aromatic carbocycles. The highest BCUT2D eigenvalue weighted by Crippen LogP contribution is 2.17. The fraction of sp³-hybridized carbons (Fsp3) is 1.00. The highest BCUT2D eigenvalue weighted by molar-refractivity contribution is 4.60. The van der Waals surface area contributed by atoms with Crippen LogP contribution in [0.5, 0.6) is 0 Å². The molecule has 0 heterocycles. The summed E-state index contributed by atoms with van der Waals surface area (Å²) in [5.41, 5.74) is 0.399. The lowest BCUT2D eigenvalue weighted by Crippen LogP contribution is -2.22. The lowest BCUT2D eigenvalue weighted by Gasteiger charge is -2.17. The quantitative estimate of drug-likeness (QED) is 0.628. The summed E-state index contributed by atoms with van der Waals surface area (Å²) >= 11 is 0. The van der Waals surface area contributed by atoms with Crippen LogP contribution in [0, 0.1) is 11.3 Å². The fourth-order valence-corrected chi connectivity index (χ4v) is 1.17. The average molecular weight is 215 g/mol. The van der Waals surface area contributed by atoms with Crippen LogP contribution in [-0.2, 0) is 4.74 Å². The molecule has 0 atom stereocenters. The first kappa shape index (κ1) is 14.9. The van der Waals surface area contributed by atoms with Gasteiger partial charge in [-0.15, -0.1) is 0 Å². The molecule has 0 fully saturated rings. The van der Waals surface area contributed by atoms with Crippen LogP contribution in [0.1, 0.15) is 47.5 Å². The predicted octanol–water partition coefficient (Wildman–Crippen LogP) is 3.07. The molecule has 0 amide bonds. The summed E-state index contributed by atoms with van der Waals surface area (Å²) in [7, 11) is 0. The third-order valence-electron chi connectivity index (χ3n) is 2.19. The van der Waals surface area contributed by atoms with Gasteiger partial charge < -0.3 is 10.1 Å². The maximum Gasteiger partial charge on any atom is 0.0478 e. The molecular weight excluding hydrogens is 186 g/mol. The van der Waals surface area contributed by atoms with Gasteiger partial charge in [0.25, 0.3) is 0 Å². The molecule has 0 aliphatic heterocycles. The Kier molecular flexibility index (Phi) is 8.07. The molecule has 0 radical (unpaired) electrons. The maximum absolute atomic E-state index is 5.58. The molecule has 0 saturated carbocycles. The molecule has 0 unspecified atom stereocenters. The minimum atomic E-state index is 0.399. The van der Waals surface area contributed by atoms with Crippen molar-refractivity contribution >= 4 is 0 Å².